The van der Waals surface area contributed by atoms with Gasteiger partial charge in [-0.2, -0.15) is 0 Å². The van der Waals surface area contributed by atoms with E-state index in [1.165, 1.54) is 18.2 Å². The molecule has 0 radical (unpaired) electrons. The lowest BCUT2D eigenvalue weighted by Crippen LogP contribution is -2.17. The van der Waals surface area contributed by atoms with Gasteiger partial charge in [-0.1, -0.05) is 51.9 Å². The predicted octanol–water partition coefficient (Wildman–Crippen LogP) is 4.50. The van der Waals surface area contributed by atoms with E-state index in [1.807, 2.05) is 12.1 Å². The fourth-order valence-corrected chi connectivity index (χ4v) is 2.31. The summed E-state index contributed by atoms with van der Waals surface area (Å²) in [6, 6.07) is 11.5. The van der Waals surface area contributed by atoms with Crippen LogP contribution in [0.15, 0.2) is 47.6 Å². The number of carbonyl (C=O) groups is 1. The van der Waals surface area contributed by atoms with E-state index in [1.54, 1.807) is 26.0 Å². The molecule has 0 atom stereocenters. The van der Waals surface area contributed by atoms with Crippen LogP contribution in [0.3, 0.4) is 0 Å². The smallest absolute Gasteiger partial charge is 0.337 e. The zero-order valence-electron chi connectivity index (χ0n) is 17.1. The van der Waals surface area contributed by atoms with Gasteiger partial charge in [0.15, 0.2) is 5.84 Å². The van der Waals surface area contributed by atoms with Crippen molar-refractivity contribution in [2.45, 2.75) is 40.0 Å². The van der Waals surface area contributed by atoms with E-state index < -0.39 is 10.9 Å². The Hall–Kier alpha value is -3.42. The molecule has 154 valence electrons. The van der Waals surface area contributed by atoms with Crippen LogP contribution >= 0.6 is 0 Å². The Labute approximate surface area is 169 Å². The molecule has 0 bridgehead atoms. The molecule has 0 heterocycles. The third-order valence-corrected chi connectivity index (χ3v) is 4.10. The van der Waals surface area contributed by atoms with Crippen molar-refractivity contribution in [3.63, 3.8) is 0 Å². The molecular formula is C21H25N3O5. The molecule has 2 aromatic rings. The van der Waals surface area contributed by atoms with Crippen LogP contribution in [0, 0.1) is 16.0 Å². The largest absolute Gasteiger partial charge is 0.450 e. The Morgan fingerprint density at radius 3 is 2.28 bits per heavy atom. The lowest BCUT2D eigenvalue weighted by atomic mass is 9.87. The van der Waals surface area contributed by atoms with Gasteiger partial charge in [0.1, 0.15) is 5.75 Å². The second kappa shape index (κ2) is 8.72. The van der Waals surface area contributed by atoms with Crippen LogP contribution in [0.4, 0.5) is 5.69 Å². The summed E-state index contributed by atoms with van der Waals surface area (Å²) in [5, 5.41) is 15.0. The fourth-order valence-electron chi connectivity index (χ4n) is 2.31. The van der Waals surface area contributed by atoms with Gasteiger partial charge in [0.25, 0.3) is 0 Å². The summed E-state index contributed by atoms with van der Waals surface area (Å²) in [6.07, 6.45) is 0. The van der Waals surface area contributed by atoms with Crippen molar-refractivity contribution in [3.05, 3.63) is 63.7 Å². The summed E-state index contributed by atoms with van der Waals surface area (Å²) >= 11 is 0. The predicted molar refractivity (Wildman–Crippen MR) is 110 cm³/mol. The first kappa shape index (κ1) is 21.9. The van der Waals surface area contributed by atoms with E-state index in [-0.39, 0.29) is 34.2 Å². The first-order valence-corrected chi connectivity index (χ1v) is 9.10. The van der Waals surface area contributed by atoms with Crippen LogP contribution in [0.2, 0.25) is 0 Å². The van der Waals surface area contributed by atoms with E-state index in [9.17, 15) is 14.9 Å². The van der Waals surface area contributed by atoms with Crippen LogP contribution in [0.5, 0.6) is 11.5 Å². The maximum absolute atomic E-state index is 11.5. The monoisotopic (exact) mass is 399 g/mol. The molecule has 0 aliphatic carbocycles. The van der Waals surface area contributed by atoms with E-state index in [0.29, 0.717) is 5.75 Å². The van der Waals surface area contributed by atoms with Gasteiger partial charge >= 0.3 is 11.7 Å². The van der Waals surface area contributed by atoms with Gasteiger partial charge in [0, 0.05) is 11.6 Å². The molecule has 8 heteroatoms. The Morgan fingerprint density at radius 1 is 1.14 bits per heavy atom. The molecule has 2 rings (SSSR count). The molecule has 0 saturated heterocycles. The van der Waals surface area contributed by atoms with Crippen molar-refractivity contribution in [2.75, 3.05) is 0 Å². The average molecular weight is 399 g/mol. The molecule has 0 saturated carbocycles. The second-order valence-electron chi connectivity index (χ2n) is 7.86. The van der Waals surface area contributed by atoms with Gasteiger partial charge in [0.2, 0.25) is 5.75 Å². The van der Waals surface area contributed by atoms with Gasteiger partial charge < -0.3 is 15.3 Å². The molecule has 0 amide bonds. The number of nitrogens with zero attached hydrogens (tertiary/aromatic N) is 2. The van der Waals surface area contributed by atoms with Crippen LogP contribution < -0.4 is 10.5 Å². The number of nitrogens with two attached hydrogens (primary N) is 1. The molecule has 8 nitrogen and oxygen atoms in total. The number of carbonyl (C=O) groups excluding carboxylic acids is 1. The number of nitro benzene ring substituents is 1. The number of hydrogen-bond acceptors (Lipinski definition) is 6. The first-order chi connectivity index (χ1) is 13.5. The van der Waals surface area contributed by atoms with Gasteiger partial charge in [-0.25, -0.2) is 4.79 Å². The summed E-state index contributed by atoms with van der Waals surface area (Å²) < 4.78 is 5.70. The zero-order chi connectivity index (χ0) is 21.8. The first-order valence-electron chi connectivity index (χ1n) is 9.10. The second-order valence-corrected chi connectivity index (χ2v) is 7.86. The third-order valence-electron chi connectivity index (χ3n) is 4.10. The minimum Gasteiger partial charge on any atom is -0.450 e. The van der Waals surface area contributed by atoms with Crippen molar-refractivity contribution in [1.82, 2.24) is 0 Å². The van der Waals surface area contributed by atoms with Crippen LogP contribution in [-0.4, -0.2) is 16.7 Å². The van der Waals surface area contributed by atoms with E-state index >= 15 is 0 Å². The minimum atomic E-state index is -0.574. The molecule has 0 spiro atoms. The van der Waals surface area contributed by atoms with Crippen molar-refractivity contribution in [1.29, 1.82) is 0 Å². The quantitative estimate of drug-likeness (QED) is 0.251. The van der Waals surface area contributed by atoms with Crippen LogP contribution in [0.25, 0.3) is 0 Å². The number of amidine groups is 1. The maximum atomic E-state index is 11.5. The highest BCUT2D eigenvalue weighted by atomic mass is 16.7. The molecule has 0 aromatic heterocycles. The molecule has 29 heavy (non-hydrogen) atoms. The number of ether oxygens (including phenoxy) is 1. The summed E-state index contributed by atoms with van der Waals surface area (Å²) in [7, 11) is 0. The highest BCUT2D eigenvalue weighted by Gasteiger charge is 2.19. The molecular weight excluding hydrogens is 374 g/mol. The summed E-state index contributed by atoms with van der Waals surface area (Å²) in [4.78, 5) is 27.1. The SMILES string of the molecule is CC(C)C(=O)O/N=C(/N)c1ccc(Oc2ccc(C(C)(C)C)cc2)c([N+](=O)[O-])c1. The Bertz CT molecular complexity index is 928. The van der Waals surface area contributed by atoms with E-state index in [0.717, 1.165) is 5.56 Å². The molecule has 2 N–H and O–H groups in total. The number of oxime groups is 1. The lowest BCUT2D eigenvalue weighted by molar-refractivity contribution is -0.385. The van der Waals surface area contributed by atoms with Crippen LogP contribution in [0.1, 0.15) is 45.7 Å². The van der Waals surface area contributed by atoms with Crippen molar-refractivity contribution in [3.8, 4) is 11.5 Å². The Balaban J connectivity index is 2.27. The Morgan fingerprint density at radius 2 is 1.76 bits per heavy atom. The van der Waals surface area contributed by atoms with Crippen LogP contribution in [-0.2, 0) is 15.0 Å². The van der Waals surface area contributed by atoms with E-state index in [4.69, 9.17) is 15.3 Å². The normalized spacial score (nSPS) is 12.0. The number of nitro groups is 1. The summed E-state index contributed by atoms with van der Waals surface area (Å²) in [6.45, 7) is 9.59. The standard InChI is InChI=1S/C21H25N3O5/c1-13(2)20(25)29-23-19(22)14-6-11-18(17(12-14)24(26)27)28-16-9-7-15(8-10-16)21(3,4)5/h6-13H,1-5H3,(H2,22,23). The highest BCUT2D eigenvalue weighted by molar-refractivity contribution is 5.98. The highest BCUT2D eigenvalue weighted by Crippen LogP contribution is 2.33. The minimum absolute atomic E-state index is 0.0118. The maximum Gasteiger partial charge on any atom is 0.337 e. The average Bonchev–Trinajstić information content (AvgIpc) is 2.65. The van der Waals surface area contributed by atoms with Gasteiger partial charge in [0.05, 0.1) is 10.8 Å². The summed E-state index contributed by atoms with van der Waals surface area (Å²) in [5.41, 5.74) is 6.85. The van der Waals surface area contributed by atoms with Gasteiger partial charge in [-0.3, -0.25) is 10.1 Å². The topological polar surface area (TPSA) is 117 Å². The zero-order valence-corrected chi connectivity index (χ0v) is 17.1. The molecule has 2 aromatic carbocycles. The van der Waals surface area contributed by atoms with E-state index in [2.05, 4.69) is 25.9 Å². The van der Waals surface area contributed by atoms with Crippen molar-refractivity contribution in [2.24, 2.45) is 16.8 Å². The number of hydrogen-bond donors (Lipinski definition) is 1. The lowest BCUT2D eigenvalue weighted by Gasteiger charge is -2.19. The third kappa shape index (κ3) is 5.78. The Kier molecular flexibility index (Phi) is 6.58. The number of rotatable bonds is 6. The van der Waals surface area contributed by atoms with Gasteiger partial charge in [-0.15, -0.1) is 0 Å². The van der Waals surface area contributed by atoms with Gasteiger partial charge in [-0.05, 0) is 35.2 Å². The molecule has 0 fully saturated rings. The molecule has 0 aliphatic rings. The summed E-state index contributed by atoms with van der Waals surface area (Å²) in [5.74, 6) is -0.541. The molecule has 0 unspecified atom stereocenters. The van der Waals surface area contributed by atoms with Crippen molar-refractivity contribution >= 4 is 17.5 Å². The molecule has 0 aliphatic heterocycles. The van der Waals surface area contributed by atoms with Crippen molar-refractivity contribution < 1.29 is 19.3 Å². The fraction of sp³-hybridized carbons (Fsp3) is 0.333. The number of benzene rings is 2.